The zero-order valence-electron chi connectivity index (χ0n) is 19.4. The Kier molecular flexibility index (Phi) is 7.69. The Labute approximate surface area is 203 Å². The summed E-state index contributed by atoms with van der Waals surface area (Å²) in [6.45, 7) is 0.978. The molecule has 0 atom stereocenters. The number of aryl methyl sites for hydroxylation is 1. The molecule has 1 aliphatic rings. The lowest BCUT2D eigenvalue weighted by Crippen LogP contribution is -2.17. The van der Waals surface area contributed by atoms with E-state index in [1.54, 1.807) is 33.1 Å². The molecule has 0 fully saturated rings. The Morgan fingerprint density at radius 2 is 1.62 bits per heavy atom. The maximum atomic E-state index is 12.9. The van der Waals surface area contributed by atoms with Crippen LogP contribution in [-0.2, 0) is 11.2 Å². The number of benzene rings is 3. The first-order valence-corrected chi connectivity index (χ1v) is 11.7. The van der Waals surface area contributed by atoms with Gasteiger partial charge in [-0.1, -0.05) is 36.0 Å². The van der Waals surface area contributed by atoms with E-state index in [1.807, 2.05) is 54.6 Å². The molecule has 0 aliphatic carbocycles. The summed E-state index contributed by atoms with van der Waals surface area (Å²) in [4.78, 5) is 14.9. The number of anilines is 1. The van der Waals surface area contributed by atoms with Crippen molar-refractivity contribution < 1.29 is 28.5 Å². The van der Waals surface area contributed by atoms with Crippen LogP contribution in [0.25, 0.3) is 0 Å². The van der Waals surface area contributed by atoms with Gasteiger partial charge in [-0.15, -0.1) is 0 Å². The molecule has 0 saturated heterocycles. The molecule has 3 aromatic rings. The molecule has 1 amide bonds. The summed E-state index contributed by atoms with van der Waals surface area (Å²) in [6, 6.07) is 17.4. The molecule has 0 unspecified atom stereocenters. The Morgan fingerprint density at radius 3 is 2.29 bits per heavy atom. The van der Waals surface area contributed by atoms with Crippen molar-refractivity contribution in [2.75, 3.05) is 39.9 Å². The van der Waals surface area contributed by atoms with Crippen molar-refractivity contribution in [1.29, 1.82) is 0 Å². The van der Waals surface area contributed by atoms with Crippen LogP contribution in [0, 0.1) is 0 Å². The largest absolute Gasteiger partial charge is 0.493 e. The fourth-order valence-electron chi connectivity index (χ4n) is 3.69. The third-order valence-corrected chi connectivity index (χ3v) is 6.36. The minimum atomic E-state index is -0.122. The van der Waals surface area contributed by atoms with Gasteiger partial charge < -0.3 is 29.0 Å². The molecule has 0 spiro atoms. The number of hydrogen-bond donors (Lipinski definition) is 1. The Hall–Kier alpha value is -3.52. The summed E-state index contributed by atoms with van der Waals surface area (Å²) in [5, 5.41) is 3.05. The molecule has 1 N–H and O–H groups in total. The maximum absolute atomic E-state index is 12.9. The van der Waals surface area contributed by atoms with Crippen LogP contribution >= 0.6 is 11.8 Å². The second kappa shape index (κ2) is 11.1. The van der Waals surface area contributed by atoms with Crippen LogP contribution in [0.5, 0.6) is 28.7 Å². The van der Waals surface area contributed by atoms with E-state index in [9.17, 15) is 4.79 Å². The highest BCUT2D eigenvalue weighted by Crippen LogP contribution is 2.43. The molecule has 0 aromatic heterocycles. The molecule has 0 saturated carbocycles. The van der Waals surface area contributed by atoms with Gasteiger partial charge in [-0.3, -0.25) is 4.79 Å². The summed E-state index contributed by atoms with van der Waals surface area (Å²) in [5.41, 5.74) is 1.54. The standard InChI is InChI=1S/C26H27NO6S/c1-29-20-11-9-17(25(30-2)26(20)31-3)10-12-24(28)27-19-15-21-22(33-14-13-32-21)16-23(19)34-18-7-5-4-6-8-18/h4-9,11,15-16H,10,12-14H2,1-3H3,(H,27,28). The van der Waals surface area contributed by atoms with Crippen molar-refractivity contribution in [2.45, 2.75) is 22.6 Å². The molecule has 3 aromatic carbocycles. The van der Waals surface area contributed by atoms with E-state index in [0.717, 1.165) is 15.4 Å². The highest BCUT2D eigenvalue weighted by Gasteiger charge is 2.20. The van der Waals surface area contributed by atoms with Gasteiger partial charge in [0.25, 0.3) is 0 Å². The van der Waals surface area contributed by atoms with E-state index in [-0.39, 0.29) is 12.3 Å². The van der Waals surface area contributed by atoms with Gasteiger partial charge in [-0.2, -0.15) is 0 Å². The SMILES string of the molecule is COc1ccc(CCC(=O)Nc2cc3c(cc2Sc2ccccc2)OCCO3)c(OC)c1OC. The molecule has 4 rings (SSSR count). The second-order valence-corrected chi connectivity index (χ2v) is 8.56. The third-order valence-electron chi connectivity index (χ3n) is 5.30. The van der Waals surface area contributed by atoms with Gasteiger partial charge in [0.05, 0.1) is 27.0 Å². The molecule has 8 heteroatoms. The van der Waals surface area contributed by atoms with Crippen LogP contribution in [0.15, 0.2) is 64.4 Å². The molecular weight excluding hydrogens is 454 g/mol. The molecule has 1 heterocycles. The zero-order valence-corrected chi connectivity index (χ0v) is 20.2. The van der Waals surface area contributed by atoms with Crippen LogP contribution in [0.3, 0.4) is 0 Å². The van der Waals surface area contributed by atoms with Crippen LogP contribution in [-0.4, -0.2) is 40.5 Å². The number of nitrogens with one attached hydrogen (secondary N) is 1. The predicted octanol–water partition coefficient (Wildman–Crippen LogP) is 5.21. The van der Waals surface area contributed by atoms with Crippen LogP contribution in [0.4, 0.5) is 5.69 Å². The topological polar surface area (TPSA) is 75.3 Å². The summed E-state index contributed by atoms with van der Waals surface area (Å²) < 4.78 is 27.8. The minimum Gasteiger partial charge on any atom is -0.493 e. The number of rotatable bonds is 9. The van der Waals surface area contributed by atoms with Gasteiger partial charge in [0.15, 0.2) is 23.0 Å². The minimum absolute atomic E-state index is 0.122. The van der Waals surface area contributed by atoms with Crippen LogP contribution in [0.2, 0.25) is 0 Å². The maximum Gasteiger partial charge on any atom is 0.224 e. The van der Waals surface area contributed by atoms with Crippen molar-refractivity contribution in [3.8, 4) is 28.7 Å². The summed E-state index contributed by atoms with van der Waals surface area (Å²) >= 11 is 1.56. The van der Waals surface area contributed by atoms with E-state index in [0.29, 0.717) is 54.1 Å². The number of fused-ring (bicyclic) bond motifs is 1. The molecule has 7 nitrogen and oxygen atoms in total. The van der Waals surface area contributed by atoms with Gasteiger partial charge in [0, 0.05) is 28.3 Å². The van der Waals surface area contributed by atoms with Crippen molar-refractivity contribution in [2.24, 2.45) is 0 Å². The third kappa shape index (κ3) is 5.34. The van der Waals surface area contributed by atoms with Crippen LogP contribution in [0.1, 0.15) is 12.0 Å². The fraction of sp³-hybridized carbons (Fsp3) is 0.269. The van der Waals surface area contributed by atoms with E-state index in [1.165, 1.54) is 0 Å². The molecule has 0 bridgehead atoms. The lowest BCUT2D eigenvalue weighted by atomic mass is 10.1. The average Bonchev–Trinajstić information content (AvgIpc) is 2.87. The van der Waals surface area contributed by atoms with Gasteiger partial charge in [-0.25, -0.2) is 0 Å². The van der Waals surface area contributed by atoms with Gasteiger partial charge in [0.1, 0.15) is 13.2 Å². The first-order chi connectivity index (χ1) is 16.6. The molecule has 1 aliphatic heterocycles. The predicted molar refractivity (Wildman–Crippen MR) is 131 cm³/mol. The molecular formula is C26H27NO6S. The van der Waals surface area contributed by atoms with Gasteiger partial charge in [-0.05, 0) is 30.2 Å². The number of carbonyl (C=O) groups is 1. The quantitative estimate of drug-likeness (QED) is 0.450. The number of carbonyl (C=O) groups excluding carboxylic acids is 1. The number of amides is 1. The number of hydrogen-bond acceptors (Lipinski definition) is 7. The van der Waals surface area contributed by atoms with Crippen LogP contribution < -0.4 is 29.0 Å². The number of methoxy groups -OCH3 is 3. The summed E-state index contributed by atoms with van der Waals surface area (Å²) in [6.07, 6.45) is 0.733. The first-order valence-electron chi connectivity index (χ1n) is 10.9. The summed E-state index contributed by atoms with van der Waals surface area (Å²) in [7, 11) is 4.70. The summed E-state index contributed by atoms with van der Waals surface area (Å²) in [5.74, 6) is 2.83. The lowest BCUT2D eigenvalue weighted by molar-refractivity contribution is -0.116. The van der Waals surface area contributed by atoms with Crippen molar-refractivity contribution in [3.05, 3.63) is 60.2 Å². The average molecular weight is 482 g/mol. The van der Waals surface area contributed by atoms with Crippen molar-refractivity contribution in [1.82, 2.24) is 0 Å². The Morgan fingerprint density at radius 1 is 0.912 bits per heavy atom. The molecule has 0 radical (unpaired) electrons. The monoisotopic (exact) mass is 481 g/mol. The number of ether oxygens (including phenoxy) is 5. The lowest BCUT2D eigenvalue weighted by Gasteiger charge is -2.21. The first kappa shape index (κ1) is 23.6. The molecule has 178 valence electrons. The normalized spacial score (nSPS) is 12.1. The van der Waals surface area contributed by atoms with E-state index < -0.39 is 0 Å². The highest BCUT2D eigenvalue weighted by molar-refractivity contribution is 7.99. The second-order valence-electron chi connectivity index (χ2n) is 7.45. The Bertz CT molecular complexity index is 1150. The smallest absolute Gasteiger partial charge is 0.224 e. The van der Waals surface area contributed by atoms with E-state index >= 15 is 0 Å². The van der Waals surface area contributed by atoms with E-state index in [2.05, 4.69) is 5.32 Å². The van der Waals surface area contributed by atoms with Gasteiger partial charge >= 0.3 is 0 Å². The molecule has 34 heavy (non-hydrogen) atoms. The van der Waals surface area contributed by atoms with E-state index in [4.69, 9.17) is 23.7 Å². The van der Waals surface area contributed by atoms with Crippen molar-refractivity contribution in [3.63, 3.8) is 0 Å². The van der Waals surface area contributed by atoms with Crippen molar-refractivity contribution >= 4 is 23.4 Å². The van der Waals surface area contributed by atoms with Gasteiger partial charge in [0.2, 0.25) is 11.7 Å². The Balaban J connectivity index is 1.52. The fourth-order valence-corrected chi connectivity index (χ4v) is 4.62. The highest BCUT2D eigenvalue weighted by atomic mass is 32.2. The zero-order chi connectivity index (χ0) is 23.9.